The van der Waals surface area contributed by atoms with Crippen LogP contribution in [0.1, 0.15) is 0 Å². The minimum absolute atomic E-state index is 0.164. The van der Waals surface area contributed by atoms with E-state index >= 15 is 0 Å². The van der Waals surface area contributed by atoms with E-state index in [1.54, 1.807) is 0 Å². The van der Waals surface area contributed by atoms with Crippen LogP contribution in [0.25, 0.3) is 0 Å². The number of nitrogens with zero attached hydrogens (tertiary/aromatic N) is 1. The second-order valence-corrected chi connectivity index (χ2v) is 1.84. The second-order valence-electron chi connectivity index (χ2n) is 1.53. The first-order valence-electron chi connectivity index (χ1n) is 2.41. The zero-order valence-electron chi connectivity index (χ0n) is 5.04. The van der Waals surface area contributed by atoms with Gasteiger partial charge in [0.05, 0.1) is 5.88 Å². The Labute approximate surface area is 57.9 Å². The predicted octanol–water partition coefficient (Wildman–Crippen LogP) is 0.517. The lowest BCUT2D eigenvalue weighted by Crippen LogP contribution is -2.23. The Balaban J connectivity index is 3.43. The van der Waals surface area contributed by atoms with E-state index in [2.05, 4.69) is 4.74 Å². The van der Waals surface area contributed by atoms with Crippen LogP contribution in [0.2, 0.25) is 0 Å². The minimum atomic E-state index is -0.457. The van der Waals surface area contributed by atoms with Crippen molar-refractivity contribution >= 4 is 11.6 Å². The molecule has 0 rings (SSSR count). The molecule has 54 valence electrons. The van der Waals surface area contributed by atoms with Gasteiger partial charge in [-0.25, -0.2) is 0 Å². The van der Waals surface area contributed by atoms with Gasteiger partial charge in [0.1, 0.15) is 6.10 Å². The van der Waals surface area contributed by atoms with Crippen LogP contribution < -0.4 is 0 Å². The number of nitro groups is 1. The molecule has 0 unspecified atom stereocenters. The topological polar surface area (TPSA) is 52.4 Å². The van der Waals surface area contributed by atoms with Crippen LogP contribution in [0.3, 0.4) is 0 Å². The first-order chi connectivity index (χ1) is 4.20. The summed E-state index contributed by atoms with van der Waals surface area (Å²) in [7, 11) is 1.40. The maximum absolute atomic E-state index is 9.79. The van der Waals surface area contributed by atoms with E-state index in [1.165, 1.54) is 7.11 Å². The van der Waals surface area contributed by atoms with Crippen LogP contribution in [0.4, 0.5) is 0 Å². The van der Waals surface area contributed by atoms with Crippen molar-refractivity contribution in [2.75, 3.05) is 19.5 Å². The molecule has 0 aliphatic carbocycles. The standard InChI is InChI=1S/C4H8ClNO3/c1-9-4(2-5)3-6(7)8/h4H,2-3H2,1H3/t4-/m1/s1. The third kappa shape index (κ3) is 4.17. The second kappa shape index (κ2) is 4.52. The van der Waals surface area contributed by atoms with Crippen molar-refractivity contribution in [3.8, 4) is 0 Å². The first kappa shape index (κ1) is 8.65. The summed E-state index contributed by atoms with van der Waals surface area (Å²) in [5, 5.41) is 9.79. The maximum Gasteiger partial charge on any atom is 0.230 e. The van der Waals surface area contributed by atoms with E-state index in [9.17, 15) is 10.1 Å². The lowest BCUT2D eigenvalue weighted by atomic mass is 10.4. The van der Waals surface area contributed by atoms with Gasteiger partial charge in [-0.2, -0.15) is 0 Å². The van der Waals surface area contributed by atoms with Crippen molar-refractivity contribution in [1.29, 1.82) is 0 Å². The lowest BCUT2D eigenvalue weighted by Gasteiger charge is -2.04. The molecule has 5 heteroatoms. The van der Waals surface area contributed by atoms with Gasteiger partial charge in [0.25, 0.3) is 0 Å². The molecule has 0 aromatic heterocycles. The molecule has 1 atom stereocenters. The number of halogens is 1. The molecule has 0 N–H and O–H groups in total. The number of alkyl halides is 1. The van der Waals surface area contributed by atoms with E-state index in [-0.39, 0.29) is 12.4 Å². The average Bonchev–Trinajstić information content (AvgIpc) is 1.82. The van der Waals surface area contributed by atoms with Crippen LogP contribution in [0, 0.1) is 10.1 Å². The molecule has 0 aliphatic heterocycles. The summed E-state index contributed by atoms with van der Waals surface area (Å²) in [5.74, 6) is 0.164. The molecule has 0 aromatic carbocycles. The number of hydrogen-bond donors (Lipinski definition) is 0. The molecule has 0 spiro atoms. The Morgan fingerprint density at radius 1 is 1.89 bits per heavy atom. The smallest absolute Gasteiger partial charge is 0.230 e. The molecule has 0 heterocycles. The normalized spacial score (nSPS) is 13.1. The maximum atomic E-state index is 9.79. The Hall–Kier alpha value is -0.350. The summed E-state index contributed by atoms with van der Waals surface area (Å²) in [6.07, 6.45) is -0.457. The SMILES string of the molecule is CO[C@H](CCl)C[N+](=O)[O-]. The average molecular weight is 154 g/mol. The van der Waals surface area contributed by atoms with E-state index < -0.39 is 11.0 Å². The molecule has 0 radical (unpaired) electrons. The predicted molar refractivity (Wildman–Crippen MR) is 33.4 cm³/mol. The van der Waals surface area contributed by atoms with Gasteiger partial charge in [-0.3, -0.25) is 10.1 Å². The molecule has 0 saturated carbocycles. The highest BCUT2D eigenvalue weighted by molar-refractivity contribution is 6.18. The van der Waals surface area contributed by atoms with Gasteiger partial charge in [-0.1, -0.05) is 0 Å². The van der Waals surface area contributed by atoms with Crippen molar-refractivity contribution in [2.24, 2.45) is 0 Å². The molecule has 0 fully saturated rings. The summed E-state index contributed by atoms with van der Waals surface area (Å²) in [6.45, 7) is -0.222. The lowest BCUT2D eigenvalue weighted by molar-refractivity contribution is -0.489. The number of hydrogen-bond acceptors (Lipinski definition) is 3. The van der Waals surface area contributed by atoms with Gasteiger partial charge in [-0.05, 0) is 0 Å². The van der Waals surface area contributed by atoms with Crippen LogP contribution in [-0.4, -0.2) is 30.6 Å². The summed E-state index contributed by atoms with van der Waals surface area (Å²) < 4.78 is 4.64. The molecule has 4 nitrogen and oxygen atoms in total. The Morgan fingerprint density at radius 2 is 2.44 bits per heavy atom. The highest BCUT2D eigenvalue weighted by Gasteiger charge is 2.11. The molecule has 0 aromatic rings. The van der Waals surface area contributed by atoms with Gasteiger partial charge in [0.2, 0.25) is 6.54 Å². The third-order valence-electron chi connectivity index (χ3n) is 0.858. The van der Waals surface area contributed by atoms with Crippen molar-refractivity contribution in [1.82, 2.24) is 0 Å². The summed E-state index contributed by atoms with van der Waals surface area (Å²) >= 11 is 5.28. The largest absolute Gasteiger partial charge is 0.373 e. The Bertz CT molecular complexity index is 93.8. The van der Waals surface area contributed by atoms with E-state index in [0.29, 0.717) is 0 Å². The van der Waals surface area contributed by atoms with Crippen molar-refractivity contribution in [2.45, 2.75) is 6.10 Å². The third-order valence-corrected chi connectivity index (χ3v) is 1.20. The van der Waals surface area contributed by atoms with Crippen molar-refractivity contribution in [3.63, 3.8) is 0 Å². The minimum Gasteiger partial charge on any atom is -0.373 e. The van der Waals surface area contributed by atoms with Gasteiger partial charge in [0, 0.05) is 12.0 Å². The fourth-order valence-corrected chi connectivity index (χ4v) is 0.576. The van der Waals surface area contributed by atoms with E-state index in [1.807, 2.05) is 0 Å². The fourth-order valence-electron chi connectivity index (χ4n) is 0.353. The molecular formula is C4H8ClNO3. The zero-order valence-corrected chi connectivity index (χ0v) is 5.80. The summed E-state index contributed by atoms with van der Waals surface area (Å²) in [4.78, 5) is 9.35. The van der Waals surface area contributed by atoms with Gasteiger partial charge in [-0.15, -0.1) is 11.6 Å². The molecule has 0 bridgehead atoms. The van der Waals surface area contributed by atoms with Gasteiger partial charge >= 0.3 is 0 Å². The highest BCUT2D eigenvalue weighted by atomic mass is 35.5. The highest BCUT2D eigenvalue weighted by Crippen LogP contribution is 1.92. The zero-order chi connectivity index (χ0) is 7.28. The summed E-state index contributed by atoms with van der Waals surface area (Å²) in [6, 6.07) is 0. The quantitative estimate of drug-likeness (QED) is 0.336. The summed E-state index contributed by atoms with van der Waals surface area (Å²) in [5.41, 5.74) is 0. The molecule has 9 heavy (non-hydrogen) atoms. The first-order valence-corrected chi connectivity index (χ1v) is 2.94. The monoisotopic (exact) mass is 153 g/mol. The van der Waals surface area contributed by atoms with E-state index in [0.717, 1.165) is 0 Å². The molecule has 0 amide bonds. The van der Waals surface area contributed by atoms with Crippen LogP contribution in [-0.2, 0) is 4.74 Å². The van der Waals surface area contributed by atoms with Crippen molar-refractivity contribution in [3.05, 3.63) is 10.1 Å². The Kier molecular flexibility index (Phi) is 4.35. The number of methoxy groups -OCH3 is 1. The molecule has 0 saturated heterocycles. The number of ether oxygens (including phenoxy) is 1. The van der Waals surface area contributed by atoms with Crippen molar-refractivity contribution < 1.29 is 9.66 Å². The molecule has 0 aliphatic rings. The van der Waals surface area contributed by atoms with Crippen LogP contribution in [0.5, 0.6) is 0 Å². The fraction of sp³-hybridized carbons (Fsp3) is 1.00. The molecular weight excluding hydrogens is 146 g/mol. The van der Waals surface area contributed by atoms with Crippen LogP contribution in [0.15, 0.2) is 0 Å². The van der Waals surface area contributed by atoms with Gasteiger partial charge < -0.3 is 4.74 Å². The number of rotatable bonds is 4. The van der Waals surface area contributed by atoms with Crippen LogP contribution >= 0.6 is 11.6 Å². The Morgan fingerprint density at radius 3 is 2.56 bits per heavy atom. The van der Waals surface area contributed by atoms with E-state index in [4.69, 9.17) is 11.6 Å². The van der Waals surface area contributed by atoms with Gasteiger partial charge in [0.15, 0.2) is 0 Å².